The molecule has 2 heterocycles. The molecule has 1 aliphatic heterocycles. The highest BCUT2D eigenvalue weighted by molar-refractivity contribution is 5.94. The number of piperidine rings is 1. The number of nitrogens with zero attached hydrogens (tertiary/aromatic N) is 1. The maximum atomic E-state index is 12.6. The van der Waals surface area contributed by atoms with Crippen LogP contribution in [0.5, 0.6) is 0 Å². The van der Waals surface area contributed by atoms with Crippen molar-refractivity contribution in [2.75, 3.05) is 13.1 Å². The van der Waals surface area contributed by atoms with Gasteiger partial charge < -0.3 is 15.0 Å². The van der Waals surface area contributed by atoms with E-state index in [4.69, 9.17) is 0 Å². The fourth-order valence-electron chi connectivity index (χ4n) is 3.05. The van der Waals surface area contributed by atoms with E-state index >= 15 is 0 Å². The Morgan fingerprint density at radius 3 is 2.77 bits per heavy atom. The highest BCUT2D eigenvalue weighted by Gasteiger charge is 2.27. The molecule has 122 valence electrons. The molecule has 2 N–H and O–H groups in total. The van der Waals surface area contributed by atoms with Crippen molar-refractivity contribution in [3.8, 4) is 0 Å². The van der Waals surface area contributed by atoms with Gasteiger partial charge in [-0.2, -0.15) is 0 Å². The third-order valence-corrected chi connectivity index (χ3v) is 4.20. The summed E-state index contributed by atoms with van der Waals surface area (Å²) in [5, 5.41) is 9.74. The molecule has 0 aliphatic carbocycles. The van der Waals surface area contributed by atoms with E-state index in [1.165, 1.54) is 6.07 Å². The van der Waals surface area contributed by atoms with Gasteiger partial charge in [0, 0.05) is 36.3 Å². The van der Waals surface area contributed by atoms with Gasteiger partial charge in [0.15, 0.2) is 0 Å². The number of hydrogen-bond donors (Lipinski definition) is 2. The smallest absolute Gasteiger partial charge is 0.254 e. The highest BCUT2D eigenvalue weighted by atomic mass is 16.3. The monoisotopic (exact) mass is 306 g/mol. The first-order chi connectivity index (χ1) is 10.4. The third kappa shape index (κ3) is 4.19. The van der Waals surface area contributed by atoms with Gasteiger partial charge in [-0.25, -0.2) is 0 Å². The maximum Gasteiger partial charge on any atom is 0.254 e. The maximum absolute atomic E-state index is 12.6. The van der Waals surface area contributed by atoms with Crippen molar-refractivity contribution in [3.05, 3.63) is 33.7 Å². The minimum Gasteiger partial charge on any atom is -0.393 e. The summed E-state index contributed by atoms with van der Waals surface area (Å²) >= 11 is 0. The van der Waals surface area contributed by atoms with Gasteiger partial charge >= 0.3 is 0 Å². The van der Waals surface area contributed by atoms with Crippen LogP contribution in [0.4, 0.5) is 0 Å². The normalized spacial score (nSPS) is 20.2. The summed E-state index contributed by atoms with van der Waals surface area (Å²) in [6.07, 6.45) is 2.16. The van der Waals surface area contributed by atoms with Gasteiger partial charge in [-0.3, -0.25) is 9.59 Å². The van der Waals surface area contributed by atoms with E-state index in [9.17, 15) is 14.7 Å². The molecule has 0 spiro atoms. The molecule has 1 fully saturated rings. The molecule has 2 atom stereocenters. The molecule has 2 unspecified atom stereocenters. The Hall–Kier alpha value is -1.62. The summed E-state index contributed by atoms with van der Waals surface area (Å²) in [4.78, 5) is 29.0. The Kier molecular flexibility index (Phi) is 5.40. The van der Waals surface area contributed by atoms with E-state index in [1.807, 2.05) is 0 Å². The Labute approximate surface area is 131 Å². The molecular formula is C17H26N2O3. The molecule has 5 nitrogen and oxygen atoms in total. The molecule has 1 amide bonds. The minimum atomic E-state index is -0.411. The van der Waals surface area contributed by atoms with E-state index in [0.717, 1.165) is 25.0 Å². The zero-order chi connectivity index (χ0) is 16.3. The molecule has 0 saturated carbocycles. The van der Waals surface area contributed by atoms with Crippen molar-refractivity contribution in [1.29, 1.82) is 0 Å². The molecule has 1 aromatic rings. The molecule has 0 bridgehead atoms. The van der Waals surface area contributed by atoms with Gasteiger partial charge in [-0.1, -0.05) is 13.8 Å². The number of aromatic nitrogens is 1. The summed E-state index contributed by atoms with van der Waals surface area (Å²) in [5.74, 6) is 0.423. The lowest BCUT2D eigenvalue weighted by Gasteiger charge is -2.34. The number of aliphatic hydroxyl groups excluding tert-OH is 1. The fraction of sp³-hybridized carbons (Fsp3) is 0.647. The van der Waals surface area contributed by atoms with Crippen LogP contribution in [0.3, 0.4) is 0 Å². The summed E-state index contributed by atoms with van der Waals surface area (Å²) < 4.78 is 0. The van der Waals surface area contributed by atoms with E-state index in [1.54, 1.807) is 17.9 Å². The lowest BCUT2D eigenvalue weighted by atomic mass is 9.93. The standard InChI is InChI=1S/C17H26N2O3/c1-11(2)7-15-8-14(9-16(21)18-15)17(22)19-6-4-5-13(10-19)12(3)20/h8-9,11-13,20H,4-7,10H2,1-3H3,(H,18,21). The van der Waals surface area contributed by atoms with E-state index in [-0.39, 0.29) is 17.4 Å². The number of amides is 1. The first-order valence-corrected chi connectivity index (χ1v) is 8.07. The van der Waals surface area contributed by atoms with Crippen molar-refractivity contribution in [2.45, 2.75) is 46.1 Å². The second-order valence-corrected chi connectivity index (χ2v) is 6.75. The van der Waals surface area contributed by atoms with Gasteiger partial charge in [-0.05, 0) is 38.2 Å². The van der Waals surface area contributed by atoms with Crippen molar-refractivity contribution in [3.63, 3.8) is 0 Å². The molecule has 22 heavy (non-hydrogen) atoms. The number of pyridine rings is 1. The number of aromatic amines is 1. The Balaban J connectivity index is 2.18. The van der Waals surface area contributed by atoms with Crippen LogP contribution in [-0.4, -0.2) is 40.1 Å². The number of aliphatic hydroxyl groups is 1. The van der Waals surface area contributed by atoms with Crippen LogP contribution in [0.25, 0.3) is 0 Å². The first-order valence-electron chi connectivity index (χ1n) is 8.07. The van der Waals surface area contributed by atoms with Crippen LogP contribution in [0.2, 0.25) is 0 Å². The van der Waals surface area contributed by atoms with Crippen molar-refractivity contribution in [2.24, 2.45) is 11.8 Å². The number of H-pyrrole nitrogens is 1. The number of carbonyl (C=O) groups excluding carboxylic acids is 1. The SMILES string of the molecule is CC(C)Cc1cc(C(=O)N2CCCC(C(C)O)C2)cc(=O)[nH]1. The molecule has 0 radical (unpaired) electrons. The van der Waals surface area contributed by atoms with Crippen LogP contribution in [0.1, 0.15) is 49.7 Å². The number of hydrogen-bond acceptors (Lipinski definition) is 3. The summed E-state index contributed by atoms with van der Waals surface area (Å²) in [6.45, 7) is 7.17. The van der Waals surface area contributed by atoms with Gasteiger partial charge in [-0.15, -0.1) is 0 Å². The summed E-state index contributed by atoms with van der Waals surface area (Å²) in [5.41, 5.74) is 1.02. The van der Waals surface area contributed by atoms with Crippen molar-refractivity contribution >= 4 is 5.91 Å². The lowest BCUT2D eigenvalue weighted by molar-refractivity contribution is 0.0465. The Morgan fingerprint density at radius 1 is 1.41 bits per heavy atom. The number of likely N-dealkylation sites (tertiary alicyclic amines) is 1. The van der Waals surface area contributed by atoms with Crippen LogP contribution in [-0.2, 0) is 6.42 Å². The lowest BCUT2D eigenvalue weighted by Crippen LogP contribution is -2.43. The average Bonchev–Trinajstić information content (AvgIpc) is 2.45. The van der Waals surface area contributed by atoms with Crippen LogP contribution in [0.15, 0.2) is 16.9 Å². The predicted molar refractivity (Wildman–Crippen MR) is 85.9 cm³/mol. The molecule has 1 aromatic heterocycles. The zero-order valence-electron chi connectivity index (χ0n) is 13.6. The van der Waals surface area contributed by atoms with Gasteiger partial charge in [0.05, 0.1) is 6.10 Å². The highest BCUT2D eigenvalue weighted by Crippen LogP contribution is 2.21. The first kappa shape index (κ1) is 16.7. The van der Waals surface area contributed by atoms with Crippen LogP contribution in [0, 0.1) is 11.8 Å². The molecule has 1 aliphatic rings. The van der Waals surface area contributed by atoms with Gasteiger partial charge in [0.1, 0.15) is 0 Å². The molecule has 1 saturated heterocycles. The molecule has 0 aromatic carbocycles. The predicted octanol–water partition coefficient (Wildman–Crippen LogP) is 1.81. The van der Waals surface area contributed by atoms with E-state index in [0.29, 0.717) is 24.6 Å². The Morgan fingerprint density at radius 2 is 2.14 bits per heavy atom. The zero-order valence-corrected chi connectivity index (χ0v) is 13.6. The van der Waals surface area contributed by atoms with Gasteiger partial charge in [0.2, 0.25) is 5.56 Å². The Bertz CT molecular complexity index is 578. The number of carbonyl (C=O) groups is 1. The summed E-state index contributed by atoms with van der Waals surface area (Å²) in [7, 11) is 0. The van der Waals surface area contributed by atoms with E-state index in [2.05, 4.69) is 18.8 Å². The topological polar surface area (TPSA) is 73.4 Å². The molecular weight excluding hydrogens is 280 g/mol. The number of rotatable bonds is 4. The van der Waals surface area contributed by atoms with Crippen molar-refractivity contribution in [1.82, 2.24) is 9.88 Å². The quantitative estimate of drug-likeness (QED) is 0.891. The fourth-order valence-corrected chi connectivity index (χ4v) is 3.05. The minimum absolute atomic E-state index is 0.110. The molecule has 5 heteroatoms. The third-order valence-electron chi connectivity index (χ3n) is 4.20. The van der Waals surface area contributed by atoms with Crippen LogP contribution < -0.4 is 5.56 Å². The average molecular weight is 306 g/mol. The number of nitrogens with one attached hydrogen (secondary N) is 1. The van der Waals surface area contributed by atoms with E-state index < -0.39 is 6.10 Å². The molecule has 2 rings (SSSR count). The largest absolute Gasteiger partial charge is 0.393 e. The van der Waals surface area contributed by atoms with Crippen LogP contribution >= 0.6 is 0 Å². The van der Waals surface area contributed by atoms with Gasteiger partial charge in [0.25, 0.3) is 5.91 Å². The van der Waals surface area contributed by atoms with Crippen molar-refractivity contribution < 1.29 is 9.90 Å². The summed E-state index contributed by atoms with van der Waals surface area (Å²) in [6, 6.07) is 3.16. The second kappa shape index (κ2) is 7.09. The second-order valence-electron chi connectivity index (χ2n) is 6.75.